The number of halogens is 1. The molecule has 0 N–H and O–H groups in total. The van der Waals surface area contributed by atoms with Gasteiger partial charge in [0.05, 0.1) is 0 Å². The van der Waals surface area contributed by atoms with E-state index in [1.54, 1.807) is 0 Å². The molecule has 0 unspecified atom stereocenters. The number of rotatable bonds is 1. The van der Waals surface area contributed by atoms with Gasteiger partial charge in [-0.3, -0.25) is 0 Å². The molecular weight excluding hydrogens is 320 g/mol. The van der Waals surface area contributed by atoms with Crippen LogP contribution in [0.25, 0.3) is 11.1 Å². The third-order valence-electron chi connectivity index (χ3n) is 4.40. The van der Waals surface area contributed by atoms with Gasteiger partial charge in [-0.1, -0.05) is 88.7 Å². The Kier molecular flexibility index (Phi) is 2.80. The van der Waals surface area contributed by atoms with Crippen LogP contribution in [0.15, 0.2) is 72.8 Å². The molecule has 1 heteroatoms. The van der Waals surface area contributed by atoms with E-state index in [-0.39, 0.29) is 4.32 Å². The zero-order chi connectivity index (χ0) is 14.4. The van der Waals surface area contributed by atoms with Crippen molar-refractivity contribution in [3.05, 3.63) is 95.1 Å². The zero-order valence-corrected chi connectivity index (χ0v) is 13.4. The smallest absolute Gasteiger partial charge is 0.0695 e. The maximum atomic E-state index is 4.10. The Morgan fingerprint density at radius 3 is 1.57 bits per heavy atom. The minimum absolute atomic E-state index is 0.245. The molecule has 3 aromatic rings. The van der Waals surface area contributed by atoms with Crippen LogP contribution in [0.5, 0.6) is 0 Å². The standard InChI is InChI=1S/C20H15Br/c1-14-8-2-5-11-17(14)20(21)18-12-6-3-9-15(18)16-10-4-7-13-19(16)20/h2-13H,1H3. The first kappa shape index (κ1) is 12.8. The fourth-order valence-electron chi connectivity index (χ4n) is 3.43. The van der Waals surface area contributed by atoms with E-state index in [0.29, 0.717) is 0 Å². The summed E-state index contributed by atoms with van der Waals surface area (Å²) in [5, 5.41) is 0. The van der Waals surface area contributed by atoms with Crippen molar-refractivity contribution < 1.29 is 0 Å². The van der Waals surface area contributed by atoms with E-state index in [1.807, 2.05) is 0 Å². The van der Waals surface area contributed by atoms with Crippen molar-refractivity contribution in [1.29, 1.82) is 0 Å². The molecule has 21 heavy (non-hydrogen) atoms. The minimum atomic E-state index is -0.245. The number of benzene rings is 3. The molecule has 102 valence electrons. The average Bonchev–Trinajstić information content (AvgIpc) is 2.79. The van der Waals surface area contributed by atoms with Gasteiger partial charge in [0.2, 0.25) is 0 Å². The first-order chi connectivity index (χ1) is 10.2. The Morgan fingerprint density at radius 2 is 1.05 bits per heavy atom. The molecule has 0 saturated carbocycles. The van der Waals surface area contributed by atoms with Gasteiger partial charge in [0.1, 0.15) is 4.32 Å². The molecular formula is C20H15Br. The van der Waals surface area contributed by atoms with Crippen molar-refractivity contribution >= 4 is 15.9 Å². The summed E-state index contributed by atoms with van der Waals surface area (Å²) in [5.74, 6) is 0. The van der Waals surface area contributed by atoms with Crippen molar-refractivity contribution in [1.82, 2.24) is 0 Å². The fraction of sp³-hybridized carbons (Fsp3) is 0.100. The number of aryl methyl sites for hydroxylation is 1. The van der Waals surface area contributed by atoms with Gasteiger partial charge in [-0.15, -0.1) is 0 Å². The van der Waals surface area contributed by atoms with Crippen molar-refractivity contribution in [2.45, 2.75) is 11.2 Å². The zero-order valence-electron chi connectivity index (χ0n) is 11.8. The summed E-state index contributed by atoms with van der Waals surface area (Å²) in [7, 11) is 0. The summed E-state index contributed by atoms with van der Waals surface area (Å²) in [5.41, 5.74) is 7.95. The monoisotopic (exact) mass is 334 g/mol. The summed E-state index contributed by atoms with van der Waals surface area (Å²) in [6.45, 7) is 2.18. The molecule has 0 atom stereocenters. The summed E-state index contributed by atoms with van der Waals surface area (Å²) in [6.07, 6.45) is 0. The number of fused-ring (bicyclic) bond motifs is 3. The highest BCUT2D eigenvalue weighted by atomic mass is 79.9. The molecule has 0 fully saturated rings. The summed E-state index contributed by atoms with van der Waals surface area (Å²) in [4.78, 5) is 0. The van der Waals surface area contributed by atoms with E-state index < -0.39 is 0 Å². The van der Waals surface area contributed by atoms with E-state index >= 15 is 0 Å². The Morgan fingerprint density at radius 1 is 0.619 bits per heavy atom. The van der Waals surface area contributed by atoms with Crippen LogP contribution in [0.2, 0.25) is 0 Å². The van der Waals surface area contributed by atoms with E-state index in [1.165, 1.54) is 33.4 Å². The van der Waals surface area contributed by atoms with Crippen LogP contribution in [0.3, 0.4) is 0 Å². The van der Waals surface area contributed by atoms with Gasteiger partial charge in [0.25, 0.3) is 0 Å². The molecule has 0 aromatic heterocycles. The maximum Gasteiger partial charge on any atom is 0.102 e. The fourth-order valence-corrected chi connectivity index (χ4v) is 4.57. The van der Waals surface area contributed by atoms with E-state index in [9.17, 15) is 0 Å². The molecule has 3 aromatic carbocycles. The van der Waals surface area contributed by atoms with Crippen molar-refractivity contribution in [3.63, 3.8) is 0 Å². The van der Waals surface area contributed by atoms with Gasteiger partial charge in [-0.05, 0) is 40.3 Å². The number of alkyl halides is 1. The molecule has 0 aliphatic heterocycles. The molecule has 0 amide bonds. The molecule has 0 saturated heterocycles. The molecule has 0 bridgehead atoms. The quantitative estimate of drug-likeness (QED) is 0.503. The molecule has 0 nitrogen and oxygen atoms in total. The normalized spacial score (nSPS) is 14.6. The summed E-state index contributed by atoms with van der Waals surface area (Å²) < 4.78 is -0.245. The molecule has 0 radical (unpaired) electrons. The third-order valence-corrected chi connectivity index (χ3v) is 5.68. The second-order valence-corrected chi connectivity index (χ2v) is 6.75. The summed E-state index contributed by atoms with van der Waals surface area (Å²) >= 11 is 4.10. The van der Waals surface area contributed by atoms with Gasteiger partial charge in [0, 0.05) is 0 Å². The number of hydrogen-bond donors (Lipinski definition) is 0. The third kappa shape index (κ3) is 1.67. The molecule has 4 rings (SSSR count). The van der Waals surface area contributed by atoms with Gasteiger partial charge in [0.15, 0.2) is 0 Å². The Balaban J connectivity index is 2.12. The SMILES string of the molecule is Cc1ccccc1C1(Br)c2ccccc2-c2ccccc21. The lowest BCUT2D eigenvalue weighted by atomic mass is 9.86. The first-order valence-corrected chi connectivity index (χ1v) is 7.96. The highest BCUT2D eigenvalue weighted by Gasteiger charge is 2.42. The van der Waals surface area contributed by atoms with Crippen LogP contribution in [0.1, 0.15) is 22.3 Å². The number of hydrogen-bond acceptors (Lipinski definition) is 0. The van der Waals surface area contributed by atoms with E-state index in [2.05, 4.69) is 95.7 Å². The first-order valence-electron chi connectivity index (χ1n) is 7.17. The molecule has 1 aliphatic rings. The Hall–Kier alpha value is -1.86. The van der Waals surface area contributed by atoms with E-state index in [0.717, 1.165) is 0 Å². The molecule has 0 spiro atoms. The van der Waals surface area contributed by atoms with Gasteiger partial charge in [-0.2, -0.15) is 0 Å². The lowest BCUT2D eigenvalue weighted by Gasteiger charge is -2.27. The van der Waals surface area contributed by atoms with Crippen molar-refractivity contribution in [2.75, 3.05) is 0 Å². The van der Waals surface area contributed by atoms with Gasteiger partial charge >= 0.3 is 0 Å². The van der Waals surface area contributed by atoms with Crippen LogP contribution >= 0.6 is 15.9 Å². The second-order valence-electron chi connectivity index (χ2n) is 5.56. The highest BCUT2D eigenvalue weighted by Crippen LogP contribution is 2.56. The van der Waals surface area contributed by atoms with Crippen LogP contribution in [0, 0.1) is 6.92 Å². The molecule has 0 heterocycles. The molecule has 1 aliphatic carbocycles. The van der Waals surface area contributed by atoms with E-state index in [4.69, 9.17) is 0 Å². The van der Waals surface area contributed by atoms with Crippen molar-refractivity contribution in [3.8, 4) is 11.1 Å². The Bertz CT molecular complexity index is 787. The average molecular weight is 335 g/mol. The lowest BCUT2D eigenvalue weighted by molar-refractivity contribution is 0.936. The summed E-state index contributed by atoms with van der Waals surface area (Å²) in [6, 6.07) is 26.0. The van der Waals surface area contributed by atoms with Crippen LogP contribution < -0.4 is 0 Å². The topological polar surface area (TPSA) is 0 Å². The van der Waals surface area contributed by atoms with Gasteiger partial charge in [-0.25, -0.2) is 0 Å². The maximum absolute atomic E-state index is 4.10. The lowest BCUT2D eigenvalue weighted by Crippen LogP contribution is -2.19. The second kappa shape index (κ2) is 4.57. The predicted molar refractivity (Wildman–Crippen MR) is 91.9 cm³/mol. The van der Waals surface area contributed by atoms with Crippen molar-refractivity contribution in [2.24, 2.45) is 0 Å². The van der Waals surface area contributed by atoms with Crippen LogP contribution in [-0.2, 0) is 4.32 Å². The van der Waals surface area contributed by atoms with Crippen LogP contribution in [0.4, 0.5) is 0 Å². The van der Waals surface area contributed by atoms with Crippen LogP contribution in [-0.4, -0.2) is 0 Å². The Labute approximate surface area is 133 Å². The largest absolute Gasteiger partial charge is 0.102 e. The highest BCUT2D eigenvalue weighted by molar-refractivity contribution is 9.10. The minimum Gasteiger partial charge on any atom is -0.0695 e. The predicted octanol–water partition coefficient (Wildman–Crippen LogP) is 5.66. The van der Waals surface area contributed by atoms with Gasteiger partial charge < -0.3 is 0 Å².